The van der Waals surface area contributed by atoms with E-state index in [9.17, 15) is 9.59 Å². The number of aromatic nitrogens is 1. The maximum absolute atomic E-state index is 12.9. The van der Waals surface area contributed by atoms with Crippen molar-refractivity contribution < 1.29 is 14.3 Å². The molecule has 0 fully saturated rings. The SMILES string of the molecule is CCCN(C(=O)Cn1ccc2c(C(=O)OC)cccc21)c1ccccc1. The lowest BCUT2D eigenvalue weighted by Crippen LogP contribution is -2.34. The molecule has 0 N–H and O–H groups in total. The van der Waals surface area contributed by atoms with Crippen LogP contribution in [-0.4, -0.2) is 30.1 Å². The molecule has 5 heteroatoms. The lowest BCUT2D eigenvalue weighted by molar-refractivity contribution is -0.119. The van der Waals surface area contributed by atoms with Gasteiger partial charge < -0.3 is 14.2 Å². The molecule has 3 rings (SSSR count). The number of para-hydroxylation sites is 1. The molecular weight excluding hydrogens is 328 g/mol. The Balaban J connectivity index is 1.90. The van der Waals surface area contributed by atoms with E-state index in [1.54, 1.807) is 17.0 Å². The van der Waals surface area contributed by atoms with Crippen molar-refractivity contribution in [2.45, 2.75) is 19.9 Å². The molecule has 0 spiro atoms. The van der Waals surface area contributed by atoms with Crippen LogP contribution in [0.4, 0.5) is 5.69 Å². The quantitative estimate of drug-likeness (QED) is 0.634. The summed E-state index contributed by atoms with van der Waals surface area (Å²) in [6.07, 6.45) is 2.71. The minimum Gasteiger partial charge on any atom is -0.465 e. The van der Waals surface area contributed by atoms with E-state index in [0.29, 0.717) is 12.1 Å². The average molecular weight is 350 g/mol. The Labute approximate surface area is 152 Å². The largest absolute Gasteiger partial charge is 0.465 e. The van der Waals surface area contributed by atoms with Gasteiger partial charge in [0.2, 0.25) is 5.91 Å². The first-order chi connectivity index (χ1) is 12.7. The van der Waals surface area contributed by atoms with Crippen molar-refractivity contribution in [3.05, 3.63) is 66.4 Å². The van der Waals surface area contributed by atoms with Gasteiger partial charge in [0.15, 0.2) is 0 Å². The Kier molecular flexibility index (Phi) is 5.37. The Morgan fingerprint density at radius 2 is 1.81 bits per heavy atom. The number of fused-ring (bicyclic) bond motifs is 1. The molecule has 1 heterocycles. The van der Waals surface area contributed by atoms with Gasteiger partial charge in [0, 0.05) is 29.3 Å². The first-order valence-corrected chi connectivity index (χ1v) is 8.67. The van der Waals surface area contributed by atoms with Crippen LogP contribution in [0.3, 0.4) is 0 Å². The van der Waals surface area contributed by atoms with Crippen molar-refractivity contribution in [2.24, 2.45) is 0 Å². The number of rotatable bonds is 6. The van der Waals surface area contributed by atoms with Gasteiger partial charge in [0.1, 0.15) is 6.54 Å². The van der Waals surface area contributed by atoms with Crippen molar-refractivity contribution >= 4 is 28.5 Å². The van der Waals surface area contributed by atoms with Crippen molar-refractivity contribution in [1.29, 1.82) is 0 Å². The summed E-state index contributed by atoms with van der Waals surface area (Å²) < 4.78 is 6.71. The van der Waals surface area contributed by atoms with Crippen LogP contribution < -0.4 is 4.90 Å². The number of nitrogens with zero attached hydrogens (tertiary/aromatic N) is 2. The Morgan fingerprint density at radius 1 is 1.04 bits per heavy atom. The highest BCUT2D eigenvalue weighted by molar-refractivity contribution is 6.04. The third-order valence-electron chi connectivity index (χ3n) is 4.34. The highest BCUT2D eigenvalue weighted by atomic mass is 16.5. The summed E-state index contributed by atoms with van der Waals surface area (Å²) in [4.78, 5) is 26.7. The maximum atomic E-state index is 12.9. The molecule has 0 saturated carbocycles. The summed E-state index contributed by atoms with van der Waals surface area (Å²) in [5.74, 6) is -0.365. The molecule has 0 unspecified atom stereocenters. The lowest BCUT2D eigenvalue weighted by Gasteiger charge is -2.22. The van der Waals surface area contributed by atoms with Crippen LogP contribution in [0.2, 0.25) is 0 Å². The molecule has 0 saturated heterocycles. The summed E-state index contributed by atoms with van der Waals surface area (Å²) in [5.41, 5.74) is 2.24. The molecule has 3 aromatic rings. The molecule has 0 atom stereocenters. The predicted octanol–water partition coefficient (Wildman–Crippen LogP) is 3.87. The zero-order valence-electron chi connectivity index (χ0n) is 15.0. The Hall–Kier alpha value is -3.08. The highest BCUT2D eigenvalue weighted by Crippen LogP contribution is 2.22. The predicted molar refractivity (Wildman–Crippen MR) is 102 cm³/mol. The van der Waals surface area contributed by atoms with Crippen LogP contribution in [-0.2, 0) is 16.1 Å². The molecule has 26 heavy (non-hydrogen) atoms. The number of carbonyl (C=O) groups excluding carboxylic acids is 2. The lowest BCUT2D eigenvalue weighted by atomic mass is 10.1. The second-order valence-corrected chi connectivity index (χ2v) is 6.05. The van der Waals surface area contributed by atoms with Crippen LogP contribution in [0, 0.1) is 0 Å². The fourth-order valence-electron chi connectivity index (χ4n) is 3.11. The number of ether oxygens (including phenoxy) is 1. The molecule has 0 aliphatic rings. The molecular formula is C21H22N2O3. The Bertz CT molecular complexity index is 915. The summed E-state index contributed by atoms with van der Waals surface area (Å²) in [7, 11) is 1.37. The van der Waals surface area contributed by atoms with Gasteiger partial charge >= 0.3 is 5.97 Å². The first kappa shape index (κ1) is 17.7. The number of anilines is 1. The standard InChI is InChI=1S/C21H22N2O3/c1-3-13-23(16-8-5-4-6-9-16)20(24)15-22-14-12-17-18(21(25)26-2)10-7-11-19(17)22/h4-12,14H,3,13,15H2,1-2H3. The van der Waals surface area contributed by atoms with Crippen molar-refractivity contribution in [2.75, 3.05) is 18.6 Å². The van der Waals surface area contributed by atoms with Crippen molar-refractivity contribution in [3.8, 4) is 0 Å². The third-order valence-corrected chi connectivity index (χ3v) is 4.34. The van der Waals surface area contributed by atoms with Gasteiger partial charge in [-0.25, -0.2) is 4.79 Å². The summed E-state index contributed by atoms with van der Waals surface area (Å²) in [6, 6.07) is 17.0. The highest BCUT2D eigenvalue weighted by Gasteiger charge is 2.17. The van der Waals surface area contributed by atoms with Gasteiger partial charge in [-0.3, -0.25) is 4.79 Å². The first-order valence-electron chi connectivity index (χ1n) is 8.67. The second kappa shape index (κ2) is 7.87. The number of amides is 1. The van der Waals surface area contributed by atoms with Crippen LogP contribution >= 0.6 is 0 Å². The number of methoxy groups -OCH3 is 1. The van der Waals surface area contributed by atoms with Gasteiger partial charge in [-0.2, -0.15) is 0 Å². The normalized spacial score (nSPS) is 10.7. The van der Waals surface area contributed by atoms with E-state index >= 15 is 0 Å². The fourth-order valence-corrected chi connectivity index (χ4v) is 3.11. The van der Waals surface area contributed by atoms with E-state index < -0.39 is 0 Å². The Morgan fingerprint density at radius 3 is 2.50 bits per heavy atom. The molecule has 0 aliphatic carbocycles. The van der Waals surface area contributed by atoms with Crippen LogP contribution in [0.15, 0.2) is 60.8 Å². The number of hydrogen-bond donors (Lipinski definition) is 0. The minimum atomic E-state index is -0.378. The third kappa shape index (κ3) is 3.47. The van der Waals surface area contributed by atoms with Gasteiger partial charge in [0.05, 0.1) is 12.7 Å². The molecule has 0 radical (unpaired) electrons. The monoisotopic (exact) mass is 350 g/mol. The number of carbonyl (C=O) groups is 2. The molecule has 5 nitrogen and oxygen atoms in total. The topological polar surface area (TPSA) is 51.5 Å². The molecule has 1 amide bonds. The average Bonchev–Trinajstić information content (AvgIpc) is 3.09. The summed E-state index contributed by atoms with van der Waals surface area (Å²) >= 11 is 0. The smallest absolute Gasteiger partial charge is 0.338 e. The maximum Gasteiger partial charge on any atom is 0.338 e. The zero-order valence-corrected chi connectivity index (χ0v) is 15.0. The van der Waals surface area contributed by atoms with Gasteiger partial charge in [0.25, 0.3) is 0 Å². The van der Waals surface area contributed by atoms with Gasteiger partial charge in [-0.1, -0.05) is 31.2 Å². The molecule has 2 aromatic carbocycles. The molecule has 134 valence electrons. The molecule has 0 bridgehead atoms. The van der Waals surface area contributed by atoms with Crippen molar-refractivity contribution in [3.63, 3.8) is 0 Å². The molecule has 1 aromatic heterocycles. The van der Waals surface area contributed by atoms with Gasteiger partial charge in [-0.15, -0.1) is 0 Å². The van der Waals surface area contributed by atoms with E-state index in [1.165, 1.54) is 7.11 Å². The summed E-state index contributed by atoms with van der Waals surface area (Å²) in [6.45, 7) is 2.93. The number of hydrogen-bond acceptors (Lipinski definition) is 3. The van der Waals surface area contributed by atoms with E-state index in [2.05, 4.69) is 6.92 Å². The van der Waals surface area contributed by atoms with Crippen molar-refractivity contribution in [1.82, 2.24) is 4.57 Å². The van der Waals surface area contributed by atoms with Crippen LogP contribution in [0.1, 0.15) is 23.7 Å². The molecule has 0 aliphatic heterocycles. The number of benzene rings is 2. The van der Waals surface area contributed by atoms with Crippen LogP contribution in [0.25, 0.3) is 10.9 Å². The van der Waals surface area contributed by atoms with E-state index in [0.717, 1.165) is 23.0 Å². The second-order valence-electron chi connectivity index (χ2n) is 6.05. The summed E-state index contributed by atoms with van der Waals surface area (Å²) in [5, 5.41) is 0.786. The van der Waals surface area contributed by atoms with E-state index in [1.807, 2.05) is 53.2 Å². The fraction of sp³-hybridized carbons (Fsp3) is 0.238. The number of esters is 1. The zero-order chi connectivity index (χ0) is 18.5. The minimum absolute atomic E-state index is 0.0130. The van der Waals surface area contributed by atoms with E-state index in [-0.39, 0.29) is 18.4 Å². The van der Waals surface area contributed by atoms with Crippen LogP contribution in [0.5, 0.6) is 0 Å². The van der Waals surface area contributed by atoms with E-state index in [4.69, 9.17) is 4.74 Å². The van der Waals surface area contributed by atoms with Gasteiger partial charge in [-0.05, 0) is 36.8 Å².